The van der Waals surface area contributed by atoms with Crippen molar-refractivity contribution in [2.24, 2.45) is 17.8 Å². The number of pyridine rings is 1. The van der Waals surface area contributed by atoms with Gasteiger partial charge in [-0.15, -0.1) is 0 Å². The van der Waals surface area contributed by atoms with Gasteiger partial charge in [0.05, 0.1) is 30.0 Å². The molecule has 2 amide bonds. The van der Waals surface area contributed by atoms with Crippen LogP contribution in [0, 0.1) is 17.8 Å². The van der Waals surface area contributed by atoms with E-state index in [0.717, 1.165) is 23.7 Å². The molecule has 3 rings (SSSR count). The minimum atomic E-state index is -0.290. The summed E-state index contributed by atoms with van der Waals surface area (Å²) in [6.07, 6.45) is 5.08. The predicted molar refractivity (Wildman–Crippen MR) is 114 cm³/mol. The second-order valence-corrected chi connectivity index (χ2v) is 8.42. The average molecular weight is 398 g/mol. The van der Waals surface area contributed by atoms with E-state index < -0.39 is 0 Å². The lowest BCUT2D eigenvalue weighted by Gasteiger charge is -2.37. The number of rotatable bonds is 7. The summed E-state index contributed by atoms with van der Waals surface area (Å²) in [6.45, 7) is 6.56. The summed E-state index contributed by atoms with van der Waals surface area (Å²) in [4.78, 5) is 28.6. The van der Waals surface area contributed by atoms with Crippen LogP contribution in [0.5, 0.6) is 0 Å². The lowest BCUT2D eigenvalue weighted by molar-refractivity contribution is -0.132. The number of amides is 2. The van der Waals surface area contributed by atoms with Crippen LogP contribution in [0.25, 0.3) is 10.9 Å². The SMILES string of the molecule is CC1CCC(C(C)C)C(OCC(=O)NCC(=O)Nc2cnc3ccccc3c2)C1. The molecular weight excluding hydrogens is 366 g/mol. The molecule has 6 nitrogen and oxygen atoms in total. The summed E-state index contributed by atoms with van der Waals surface area (Å²) < 4.78 is 5.93. The largest absolute Gasteiger partial charge is 0.368 e. The molecular formula is C23H31N3O3. The first kappa shape index (κ1) is 21.2. The third-order valence-corrected chi connectivity index (χ3v) is 5.71. The van der Waals surface area contributed by atoms with Gasteiger partial charge in [0.2, 0.25) is 11.8 Å². The number of hydrogen-bond acceptors (Lipinski definition) is 4. The minimum Gasteiger partial charge on any atom is -0.368 e. The zero-order chi connectivity index (χ0) is 20.8. The molecule has 1 aromatic carbocycles. The van der Waals surface area contributed by atoms with Crippen LogP contribution in [0.2, 0.25) is 0 Å². The molecule has 29 heavy (non-hydrogen) atoms. The zero-order valence-corrected chi connectivity index (χ0v) is 17.5. The molecule has 0 spiro atoms. The van der Waals surface area contributed by atoms with Crippen LogP contribution in [0.4, 0.5) is 5.69 Å². The zero-order valence-electron chi connectivity index (χ0n) is 17.5. The van der Waals surface area contributed by atoms with Gasteiger partial charge in [-0.1, -0.05) is 45.4 Å². The summed E-state index contributed by atoms with van der Waals surface area (Å²) in [6, 6.07) is 9.56. The van der Waals surface area contributed by atoms with Gasteiger partial charge in [-0.3, -0.25) is 14.6 Å². The highest BCUT2D eigenvalue weighted by molar-refractivity contribution is 5.96. The Morgan fingerprint density at radius 2 is 2.00 bits per heavy atom. The number of nitrogens with zero attached hydrogens (tertiary/aromatic N) is 1. The van der Waals surface area contributed by atoms with Crippen LogP contribution in [0.3, 0.4) is 0 Å². The van der Waals surface area contributed by atoms with E-state index in [9.17, 15) is 9.59 Å². The Morgan fingerprint density at radius 1 is 1.21 bits per heavy atom. The number of aromatic nitrogens is 1. The molecule has 1 heterocycles. The van der Waals surface area contributed by atoms with Crippen molar-refractivity contribution in [3.05, 3.63) is 36.5 Å². The van der Waals surface area contributed by atoms with E-state index in [1.165, 1.54) is 6.42 Å². The third kappa shape index (κ3) is 6.00. The van der Waals surface area contributed by atoms with Crippen molar-refractivity contribution >= 4 is 28.4 Å². The standard InChI is InChI=1S/C23H31N3O3/c1-15(2)19-9-8-16(3)10-21(19)29-14-23(28)25-13-22(27)26-18-11-17-6-4-5-7-20(17)24-12-18/h4-7,11-12,15-16,19,21H,8-10,13-14H2,1-3H3,(H,25,28)(H,26,27). The highest BCUT2D eigenvalue weighted by Crippen LogP contribution is 2.35. The normalized spacial score (nSPS) is 21.9. The smallest absolute Gasteiger partial charge is 0.246 e. The van der Waals surface area contributed by atoms with E-state index in [-0.39, 0.29) is 31.1 Å². The van der Waals surface area contributed by atoms with Gasteiger partial charge < -0.3 is 15.4 Å². The molecule has 6 heteroatoms. The number of benzene rings is 1. The van der Waals surface area contributed by atoms with Crippen molar-refractivity contribution in [3.63, 3.8) is 0 Å². The van der Waals surface area contributed by atoms with Crippen molar-refractivity contribution in [2.45, 2.75) is 46.1 Å². The number of carbonyl (C=O) groups excluding carboxylic acids is 2. The summed E-state index contributed by atoms with van der Waals surface area (Å²) in [7, 11) is 0. The fourth-order valence-corrected chi connectivity index (χ4v) is 4.06. The third-order valence-electron chi connectivity index (χ3n) is 5.71. The first-order chi connectivity index (χ1) is 13.9. The Labute approximate surface area is 172 Å². The van der Waals surface area contributed by atoms with Crippen molar-refractivity contribution in [1.82, 2.24) is 10.3 Å². The molecule has 2 N–H and O–H groups in total. The van der Waals surface area contributed by atoms with Gasteiger partial charge in [0, 0.05) is 5.39 Å². The minimum absolute atomic E-state index is 0.00852. The number of para-hydroxylation sites is 1. The highest BCUT2D eigenvalue weighted by atomic mass is 16.5. The maximum atomic E-state index is 12.1. The second-order valence-electron chi connectivity index (χ2n) is 8.42. The summed E-state index contributed by atoms with van der Waals surface area (Å²) in [5, 5.41) is 6.35. The number of anilines is 1. The predicted octanol–water partition coefficient (Wildman–Crippen LogP) is 3.77. The Morgan fingerprint density at radius 3 is 2.79 bits per heavy atom. The van der Waals surface area contributed by atoms with E-state index in [1.54, 1.807) is 6.20 Å². The monoisotopic (exact) mass is 397 g/mol. The Bertz CT molecular complexity index is 852. The van der Waals surface area contributed by atoms with Gasteiger partial charge in [0.1, 0.15) is 6.61 Å². The van der Waals surface area contributed by atoms with E-state index in [2.05, 4.69) is 36.4 Å². The molecule has 1 aliphatic rings. The van der Waals surface area contributed by atoms with Gasteiger partial charge in [0.25, 0.3) is 0 Å². The first-order valence-corrected chi connectivity index (χ1v) is 10.5. The van der Waals surface area contributed by atoms with Crippen LogP contribution >= 0.6 is 0 Å². The molecule has 0 saturated heterocycles. The molecule has 1 saturated carbocycles. The molecule has 1 fully saturated rings. The van der Waals surface area contributed by atoms with Crippen LogP contribution in [-0.2, 0) is 14.3 Å². The maximum absolute atomic E-state index is 12.1. The fourth-order valence-electron chi connectivity index (χ4n) is 4.06. The van der Waals surface area contributed by atoms with Gasteiger partial charge in [-0.2, -0.15) is 0 Å². The second kappa shape index (κ2) is 9.83. The van der Waals surface area contributed by atoms with Gasteiger partial charge in [0.15, 0.2) is 0 Å². The molecule has 3 unspecified atom stereocenters. The molecule has 1 aliphatic carbocycles. The van der Waals surface area contributed by atoms with Gasteiger partial charge in [-0.25, -0.2) is 0 Å². The lowest BCUT2D eigenvalue weighted by Crippen LogP contribution is -2.39. The van der Waals surface area contributed by atoms with E-state index in [4.69, 9.17) is 4.74 Å². The number of carbonyl (C=O) groups is 2. The average Bonchev–Trinajstić information content (AvgIpc) is 2.70. The molecule has 2 aromatic rings. The molecule has 156 valence electrons. The quantitative estimate of drug-likeness (QED) is 0.745. The Hall–Kier alpha value is -2.47. The van der Waals surface area contributed by atoms with E-state index >= 15 is 0 Å². The molecule has 1 aromatic heterocycles. The van der Waals surface area contributed by atoms with Crippen LogP contribution in [-0.4, -0.2) is 36.1 Å². The van der Waals surface area contributed by atoms with Gasteiger partial charge >= 0.3 is 0 Å². The van der Waals surface area contributed by atoms with Crippen molar-refractivity contribution in [1.29, 1.82) is 0 Å². The summed E-state index contributed by atoms with van der Waals surface area (Å²) >= 11 is 0. The highest BCUT2D eigenvalue weighted by Gasteiger charge is 2.31. The first-order valence-electron chi connectivity index (χ1n) is 10.5. The maximum Gasteiger partial charge on any atom is 0.246 e. The Kier molecular flexibility index (Phi) is 7.20. The fraction of sp³-hybridized carbons (Fsp3) is 0.522. The molecule has 0 radical (unpaired) electrons. The Balaban J connectivity index is 1.44. The molecule has 0 bridgehead atoms. The van der Waals surface area contributed by atoms with Gasteiger partial charge in [-0.05, 0) is 42.7 Å². The summed E-state index contributed by atoms with van der Waals surface area (Å²) in [5.74, 6) is 1.10. The number of nitrogens with one attached hydrogen (secondary N) is 2. The number of fused-ring (bicyclic) bond motifs is 1. The van der Waals surface area contributed by atoms with E-state index in [1.807, 2.05) is 30.3 Å². The molecule has 0 aliphatic heterocycles. The van der Waals surface area contributed by atoms with Crippen molar-refractivity contribution in [3.8, 4) is 0 Å². The molecule has 3 atom stereocenters. The van der Waals surface area contributed by atoms with Crippen LogP contribution in [0.15, 0.2) is 36.5 Å². The van der Waals surface area contributed by atoms with Crippen molar-refractivity contribution in [2.75, 3.05) is 18.5 Å². The summed E-state index contributed by atoms with van der Waals surface area (Å²) in [5.41, 5.74) is 1.47. The lowest BCUT2D eigenvalue weighted by atomic mass is 9.75. The van der Waals surface area contributed by atoms with Crippen molar-refractivity contribution < 1.29 is 14.3 Å². The number of ether oxygens (including phenoxy) is 1. The topological polar surface area (TPSA) is 80.3 Å². The van der Waals surface area contributed by atoms with E-state index in [0.29, 0.717) is 23.4 Å². The van der Waals surface area contributed by atoms with Crippen LogP contribution < -0.4 is 10.6 Å². The number of hydrogen-bond donors (Lipinski definition) is 2. The van der Waals surface area contributed by atoms with Crippen LogP contribution in [0.1, 0.15) is 40.0 Å².